The number of sulfonamides is 1. The van der Waals surface area contributed by atoms with Crippen molar-refractivity contribution >= 4 is 37.5 Å². The summed E-state index contributed by atoms with van der Waals surface area (Å²) >= 11 is 1.18. The number of fused-ring (bicyclic) bond motifs is 1. The summed E-state index contributed by atoms with van der Waals surface area (Å²) in [5.41, 5.74) is 0.352. The lowest BCUT2D eigenvalue weighted by atomic mass is 10.0. The molecule has 182 valence electrons. The standard InChI is InChI=1S/C23H28N4O5S2/c1-15-8-10-27(11-9-15)34(30,31)21-16(2)33-22-20(21)23(29)26(14-25-22)13-19(28)24-12-17-4-6-18(32-3)7-5-17/h4-7,14-15H,8-13H2,1-3H3,(H,24,28). The van der Waals surface area contributed by atoms with E-state index in [9.17, 15) is 18.0 Å². The first-order chi connectivity index (χ1) is 16.2. The molecular formula is C23H28N4O5S2. The maximum Gasteiger partial charge on any atom is 0.263 e. The molecule has 0 bridgehead atoms. The average Bonchev–Trinajstić information content (AvgIpc) is 3.17. The molecule has 1 amide bonds. The van der Waals surface area contributed by atoms with Gasteiger partial charge in [-0.25, -0.2) is 13.4 Å². The topological polar surface area (TPSA) is 111 Å². The molecule has 4 rings (SSSR count). The van der Waals surface area contributed by atoms with Gasteiger partial charge < -0.3 is 10.1 Å². The zero-order chi connectivity index (χ0) is 24.5. The number of rotatable bonds is 7. The van der Waals surface area contributed by atoms with Crippen LogP contribution in [0.4, 0.5) is 0 Å². The van der Waals surface area contributed by atoms with E-state index in [-0.39, 0.29) is 29.3 Å². The number of aromatic nitrogens is 2. The molecule has 9 nitrogen and oxygen atoms in total. The molecule has 0 atom stereocenters. The van der Waals surface area contributed by atoms with E-state index >= 15 is 0 Å². The van der Waals surface area contributed by atoms with E-state index in [1.54, 1.807) is 26.2 Å². The number of hydrogen-bond acceptors (Lipinski definition) is 7. The van der Waals surface area contributed by atoms with Crippen molar-refractivity contribution in [3.63, 3.8) is 0 Å². The molecule has 34 heavy (non-hydrogen) atoms. The van der Waals surface area contributed by atoms with Crippen LogP contribution in [-0.2, 0) is 27.9 Å². The van der Waals surface area contributed by atoms with Crippen molar-refractivity contribution in [3.8, 4) is 5.75 Å². The van der Waals surface area contributed by atoms with Crippen LogP contribution in [0.2, 0.25) is 0 Å². The summed E-state index contributed by atoms with van der Waals surface area (Å²) < 4.78 is 34.6. The monoisotopic (exact) mass is 504 g/mol. The summed E-state index contributed by atoms with van der Waals surface area (Å²) in [4.78, 5) is 31.0. The number of carbonyl (C=O) groups excluding carboxylic acids is 1. The van der Waals surface area contributed by atoms with Crippen molar-refractivity contribution in [2.45, 2.75) is 44.7 Å². The molecule has 0 unspecified atom stereocenters. The third-order valence-corrected chi connectivity index (χ3v) is 9.32. The second kappa shape index (κ2) is 9.85. The predicted octanol–water partition coefficient (Wildman–Crippen LogP) is 2.51. The molecule has 0 radical (unpaired) electrons. The lowest BCUT2D eigenvalue weighted by Gasteiger charge is -2.29. The van der Waals surface area contributed by atoms with Crippen LogP contribution in [0.5, 0.6) is 5.75 Å². The Morgan fingerprint density at radius 1 is 1.24 bits per heavy atom. The number of aryl methyl sites for hydroxylation is 1. The van der Waals surface area contributed by atoms with Gasteiger partial charge in [-0.1, -0.05) is 19.1 Å². The van der Waals surface area contributed by atoms with Crippen LogP contribution in [-0.4, -0.2) is 48.4 Å². The zero-order valence-corrected chi connectivity index (χ0v) is 21.0. The maximum absolute atomic E-state index is 13.4. The minimum absolute atomic E-state index is 0.0209. The fourth-order valence-electron chi connectivity index (χ4n) is 4.05. The molecule has 0 saturated carbocycles. The van der Waals surface area contributed by atoms with Gasteiger partial charge in [0.25, 0.3) is 5.56 Å². The molecular weight excluding hydrogens is 476 g/mol. The Bertz CT molecular complexity index is 1350. The van der Waals surface area contributed by atoms with E-state index in [0.29, 0.717) is 28.7 Å². The van der Waals surface area contributed by atoms with Gasteiger partial charge in [-0.3, -0.25) is 14.2 Å². The Labute approximate surface area is 202 Å². The van der Waals surface area contributed by atoms with Gasteiger partial charge in [0, 0.05) is 24.5 Å². The highest BCUT2D eigenvalue weighted by atomic mass is 32.2. The minimum atomic E-state index is -3.84. The first kappa shape index (κ1) is 24.4. The maximum atomic E-state index is 13.4. The first-order valence-electron chi connectivity index (χ1n) is 11.1. The fraction of sp³-hybridized carbons (Fsp3) is 0.435. The van der Waals surface area contributed by atoms with E-state index in [0.717, 1.165) is 28.7 Å². The van der Waals surface area contributed by atoms with Gasteiger partial charge in [0.15, 0.2) is 0 Å². The van der Waals surface area contributed by atoms with Crippen LogP contribution in [0.15, 0.2) is 40.3 Å². The van der Waals surface area contributed by atoms with Gasteiger partial charge in [-0.2, -0.15) is 4.31 Å². The molecule has 3 aromatic rings. The predicted molar refractivity (Wildman–Crippen MR) is 131 cm³/mol. The molecule has 1 saturated heterocycles. The Morgan fingerprint density at radius 2 is 1.91 bits per heavy atom. The van der Waals surface area contributed by atoms with Crippen molar-refractivity contribution in [1.82, 2.24) is 19.2 Å². The van der Waals surface area contributed by atoms with E-state index in [1.807, 2.05) is 12.1 Å². The van der Waals surface area contributed by atoms with E-state index in [4.69, 9.17) is 4.74 Å². The molecule has 0 spiro atoms. The third kappa shape index (κ3) is 4.86. The Kier molecular flexibility index (Phi) is 7.06. The first-order valence-corrected chi connectivity index (χ1v) is 13.3. The third-order valence-electron chi connectivity index (χ3n) is 6.10. The van der Waals surface area contributed by atoms with Crippen molar-refractivity contribution in [1.29, 1.82) is 0 Å². The number of benzene rings is 1. The molecule has 1 aromatic carbocycles. The Hall–Kier alpha value is -2.76. The minimum Gasteiger partial charge on any atom is -0.497 e. The van der Waals surface area contributed by atoms with Crippen LogP contribution in [0.1, 0.15) is 30.2 Å². The normalized spacial score (nSPS) is 15.5. The van der Waals surface area contributed by atoms with E-state index in [2.05, 4.69) is 17.2 Å². The van der Waals surface area contributed by atoms with Crippen molar-refractivity contribution < 1.29 is 17.9 Å². The Morgan fingerprint density at radius 3 is 2.56 bits per heavy atom. The van der Waals surface area contributed by atoms with Gasteiger partial charge in [0.05, 0.1) is 18.8 Å². The number of methoxy groups -OCH3 is 1. The second-order valence-electron chi connectivity index (χ2n) is 8.56. The van der Waals surface area contributed by atoms with E-state index < -0.39 is 15.6 Å². The molecule has 11 heteroatoms. The highest BCUT2D eigenvalue weighted by Crippen LogP contribution is 2.34. The quantitative estimate of drug-likeness (QED) is 0.529. The van der Waals surface area contributed by atoms with Crippen molar-refractivity contribution in [3.05, 3.63) is 51.4 Å². The van der Waals surface area contributed by atoms with Crippen LogP contribution in [0.25, 0.3) is 10.2 Å². The number of ether oxygens (including phenoxy) is 1. The summed E-state index contributed by atoms with van der Waals surface area (Å²) in [6, 6.07) is 7.28. The van der Waals surface area contributed by atoms with Crippen LogP contribution in [0.3, 0.4) is 0 Å². The molecule has 0 aliphatic carbocycles. The molecule has 1 N–H and O–H groups in total. The number of piperidine rings is 1. The van der Waals surface area contributed by atoms with Crippen LogP contribution in [0, 0.1) is 12.8 Å². The SMILES string of the molecule is COc1ccc(CNC(=O)Cn2cnc3sc(C)c(S(=O)(=O)N4CCC(C)CC4)c3c2=O)cc1. The summed E-state index contributed by atoms with van der Waals surface area (Å²) in [5, 5.41) is 2.84. The number of carbonyl (C=O) groups is 1. The number of nitrogens with zero attached hydrogens (tertiary/aromatic N) is 3. The molecule has 3 heterocycles. The molecule has 1 fully saturated rings. The van der Waals surface area contributed by atoms with Crippen molar-refractivity contribution in [2.75, 3.05) is 20.2 Å². The van der Waals surface area contributed by atoms with Gasteiger partial charge in [-0.05, 0) is 43.4 Å². The Balaban J connectivity index is 1.57. The highest BCUT2D eigenvalue weighted by molar-refractivity contribution is 7.89. The number of hydrogen-bond donors (Lipinski definition) is 1. The largest absolute Gasteiger partial charge is 0.497 e. The average molecular weight is 505 g/mol. The number of nitrogens with one attached hydrogen (secondary N) is 1. The lowest BCUT2D eigenvalue weighted by molar-refractivity contribution is -0.121. The fourth-order valence-corrected chi connectivity index (χ4v) is 7.18. The lowest BCUT2D eigenvalue weighted by Crippen LogP contribution is -2.38. The summed E-state index contributed by atoms with van der Waals surface area (Å²) in [7, 11) is -2.26. The number of amides is 1. The van der Waals surface area contributed by atoms with Crippen LogP contribution >= 0.6 is 11.3 Å². The van der Waals surface area contributed by atoms with Gasteiger partial charge in [0.1, 0.15) is 22.0 Å². The van der Waals surface area contributed by atoms with Crippen LogP contribution < -0.4 is 15.6 Å². The summed E-state index contributed by atoms with van der Waals surface area (Å²) in [6.07, 6.45) is 2.88. The van der Waals surface area contributed by atoms with Crippen molar-refractivity contribution in [2.24, 2.45) is 5.92 Å². The van der Waals surface area contributed by atoms with Gasteiger partial charge in [-0.15, -0.1) is 11.3 Å². The molecule has 2 aromatic heterocycles. The molecule has 1 aliphatic heterocycles. The summed E-state index contributed by atoms with van der Waals surface area (Å²) in [5.74, 6) is 0.819. The smallest absolute Gasteiger partial charge is 0.263 e. The zero-order valence-electron chi connectivity index (χ0n) is 19.4. The van der Waals surface area contributed by atoms with Gasteiger partial charge >= 0.3 is 0 Å². The highest BCUT2D eigenvalue weighted by Gasteiger charge is 2.33. The van der Waals surface area contributed by atoms with Gasteiger partial charge in [0.2, 0.25) is 15.9 Å². The second-order valence-corrected chi connectivity index (χ2v) is 11.6. The van der Waals surface area contributed by atoms with E-state index in [1.165, 1.54) is 22.0 Å². The number of thiophene rings is 1. The molecule has 1 aliphatic rings. The summed E-state index contributed by atoms with van der Waals surface area (Å²) in [6.45, 7) is 4.70.